The van der Waals surface area contributed by atoms with E-state index in [4.69, 9.17) is 4.74 Å². The maximum Gasteiger partial charge on any atom is 0.238 e. The minimum absolute atomic E-state index is 0.0558. The third-order valence-corrected chi connectivity index (χ3v) is 5.39. The van der Waals surface area contributed by atoms with Crippen molar-refractivity contribution in [2.45, 2.75) is 19.9 Å². The fourth-order valence-electron chi connectivity index (χ4n) is 2.66. The van der Waals surface area contributed by atoms with Crippen LogP contribution in [0.15, 0.2) is 48.5 Å². The fraction of sp³-hybridized carbons (Fsp3) is 0.300. The summed E-state index contributed by atoms with van der Waals surface area (Å²) in [6.07, 6.45) is 0. The van der Waals surface area contributed by atoms with Crippen molar-refractivity contribution >= 4 is 33.1 Å². The van der Waals surface area contributed by atoms with Crippen molar-refractivity contribution in [3.63, 3.8) is 0 Å². The van der Waals surface area contributed by atoms with Crippen molar-refractivity contribution in [1.29, 1.82) is 0 Å². The molecule has 6 heteroatoms. The first-order valence-electron chi connectivity index (χ1n) is 8.66. The quantitative estimate of drug-likeness (QED) is 0.674. The number of carbonyl (C=O) groups excluding carboxylic acids is 1. The molecular formula is C20H23N3O2S. The van der Waals surface area contributed by atoms with Gasteiger partial charge >= 0.3 is 0 Å². The first-order valence-corrected chi connectivity index (χ1v) is 9.47. The number of benzene rings is 2. The number of aromatic nitrogens is 1. The van der Waals surface area contributed by atoms with Crippen molar-refractivity contribution in [1.82, 2.24) is 9.88 Å². The summed E-state index contributed by atoms with van der Waals surface area (Å²) in [5, 5.41) is 3.95. The SMILES string of the molecule is CCOc1ccccc1NC(=O)CN(C)[C@@H](C)c1nc2ccccc2s1. The Balaban J connectivity index is 1.65. The summed E-state index contributed by atoms with van der Waals surface area (Å²) >= 11 is 1.67. The van der Waals surface area contributed by atoms with Crippen molar-refractivity contribution in [3.05, 3.63) is 53.5 Å². The Morgan fingerprint density at radius 1 is 1.23 bits per heavy atom. The van der Waals surface area contributed by atoms with E-state index in [9.17, 15) is 4.79 Å². The van der Waals surface area contributed by atoms with Gasteiger partial charge in [0.25, 0.3) is 0 Å². The molecule has 0 aliphatic heterocycles. The molecule has 1 heterocycles. The van der Waals surface area contributed by atoms with Crippen molar-refractivity contribution in [3.8, 4) is 5.75 Å². The molecule has 0 saturated heterocycles. The number of nitrogens with zero attached hydrogens (tertiary/aromatic N) is 2. The number of carbonyl (C=O) groups is 1. The number of hydrogen-bond acceptors (Lipinski definition) is 5. The Labute approximate surface area is 157 Å². The molecular weight excluding hydrogens is 346 g/mol. The van der Waals surface area contributed by atoms with Crippen LogP contribution >= 0.6 is 11.3 Å². The zero-order valence-electron chi connectivity index (χ0n) is 15.2. The molecule has 2 aromatic carbocycles. The van der Waals surface area contributed by atoms with Crippen molar-refractivity contribution in [2.75, 3.05) is 25.5 Å². The van der Waals surface area contributed by atoms with Gasteiger partial charge in [-0.1, -0.05) is 24.3 Å². The summed E-state index contributed by atoms with van der Waals surface area (Å²) in [7, 11) is 1.94. The molecule has 5 nitrogen and oxygen atoms in total. The lowest BCUT2D eigenvalue weighted by Gasteiger charge is -2.22. The second kappa shape index (κ2) is 8.29. The lowest BCUT2D eigenvalue weighted by molar-refractivity contribution is -0.117. The van der Waals surface area contributed by atoms with E-state index < -0.39 is 0 Å². The third kappa shape index (κ3) is 4.20. The Hall–Kier alpha value is -2.44. The first kappa shape index (κ1) is 18.4. The maximum absolute atomic E-state index is 12.5. The van der Waals surface area contributed by atoms with Crippen LogP contribution in [-0.4, -0.2) is 36.0 Å². The van der Waals surface area contributed by atoms with Crippen LogP contribution in [0.5, 0.6) is 5.75 Å². The van der Waals surface area contributed by atoms with Crippen LogP contribution in [0.4, 0.5) is 5.69 Å². The van der Waals surface area contributed by atoms with Gasteiger partial charge in [-0.25, -0.2) is 4.98 Å². The first-order chi connectivity index (χ1) is 12.6. The van der Waals surface area contributed by atoms with Gasteiger partial charge in [0.2, 0.25) is 5.91 Å². The number of rotatable bonds is 7. The summed E-state index contributed by atoms with van der Waals surface area (Å²) in [6.45, 7) is 4.82. The largest absolute Gasteiger partial charge is 0.492 e. The highest BCUT2D eigenvalue weighted by Gasteiger charge is 2.19. The molecule has 0 fully saturated rings. The van der Waals surface area contributed by atoms with Crippen molar-refractivity contribution in [2.24, 2.45) is 0 Å². The van der Waals surface area contributed by atoms with E-state index in [1.165, 1.54) is 0 Å². The van der Waals surface area contributed by atoms with Gasteiger partial charge in [0.05, 0.1) is 35.1 Å². The Morgan fingerprint density at radius 2 is 1.96 bits per heavy atom. The molecule has 0 saturated carbocycles. The number of para-hydroxylation sites is 3. The molecule has 0 unspecified atom stereocenters. The molecule has 136 valence electrons. The van der Waals surface area contributed by atoms with Crippen LogP contribution in [-0.2, 0) is 4.79 Å². The molecule has 0 spiro atoms. The van der Waals surface area contributed by atoms with Crippen molar-refractivity contribution < 1.29 is 9.53 Å². The van der Waals surface area contributed by atoms with Crippen LogP contribution in [0.2, 0.25) is 0 Å². The molecule has 3 rings (SSSR count). The van der Waals surface area contributed by atoms with Gasteiger partial charge in [0, 0.05) is 0 Å². The summed E-state index contributed by atoms with van der Waals surface area (Å²) in [6, 6.07) is 15.6. The smallest absolute Gasteiger partial charge is 0.238 e. The standard InChI is InChI=1S/C20H23N3O2S/c1-4-25-17-11-7-5-9-15(17)21-19(24)13-23(3)14(2)20-22-16-10-6-8-12-18(16)26-20/h5-12,14H,4,13H2,1-3H3,(H,21,24)/t14-/m0/s1. The Kier molecular flexibility index (Phi) is 5.85. The highest BCUT2D eigenvalue weighted by molar-refractivity contribution is 7.18. The van der Waals surface area contributed by atoms with Crippen LogP contribution in [0.3, 0.4) is 0 Å². The summed E-state index contributed by atoms with van der Waals surface area (Å²) in [5.41, 5.74) is 1.70. The fourth-order valence-corrected chi connectivity index (χ4v) is 3.75. The van der Waals surface area contributed by atoms with Crippen LogP contribution in [0.1, 0.15) is 24.9 Å². The zero-order valence-corrected chi connectivity index (χ0v) is 16.0. The molecule has 3 aromatic rings. The van der Waals surface area contributed by atoms with E-state index >= 15 is 0 Å². The van der Waals surface area contributed by atoms with Gasteiger partial charge in [-0.2, -0.15) is 0 Å². The maximum atomic E-state index is 12.5. The lowest BCUT2D eigenvalue weighted by atomic mass is 10.2. The lowest BCUT2D eigenvalue weighted by Crippen LogP contribution is -2.32. The summed E-state index contributed by atoms with van der Waals surface area (Å²) in [5.74, 6) is 0.609. The molecule has 0 aliphatic carbocycles. The molecule has 1 atom stereocenters. The highest BCUT2D eigenvalue weighted by atomic mass is 32.1. The van der Waals surface area contributed by atoms with Gasteiger partial charge in [-0.05, 0) is 45.2 Å². The number of nitrogens with one attached hydrogen (secondary N) is 1. The van der Waals surface area contributed by atoms with E-state index in [-0.39, 0.29) is 18.5 Å². The minimum atomic E-state index is -0.0763. The van der Waals surface area contributed by atoms with E-state index in [1.54, 1.807) is 11.3 Å². The normalized spacial score (nSPS) is 12.3. The van der Waals surface area contributed by atoms with E-state index in [2.05, 4.69) is 23.3 Å². The third-order valence-electron chi connectivity index (χ3n) is 4.18. The summed E-state index contributed by atoms with van der Waals surface area (Å²) < 4.78 is 6.72. The van der Waals surface area contributed by atoms with Gasteiger partial charge < -0.3 is 10.1 Å². The topological polar surface area (TPSA) is 54.5 Å². The molecule has 1 aromatic heterocycles. The van der Waals surface area contributed by atoms with Gasteiger partial charge in [-0.3, -0.25) is 9.69 Å². The number of thiazole rings is 1. The number of likely N-dealkylation sites (N-methyl/N-ethyl adjacent to an activating group) is 1. The molecule has 0 aliphatic rings. The average molecular weight is 369 g/mol. The number of fused-ring (bicyclic) bond motifs is 1. The Morgan fingerprint density at radius 3 is 2.73 bits per heavy atom. The molecule has 1 amide bonds. The average Bonchev–Trinajstić information content (AvgIpc) is 3.07. The van der Waals surface area contributed by atoms with Gasteiger partial charge in [-0.15, -0.1) is 11.3 Å². The van der Waals surface area contributed by atoms with Gasteiger partial charge in [0.1, 0.15) is 10.8 Å². The number of amides is 1. The molecule has 0 bridgehead atoms. The van der Waals surface area contributed by atoms with E-state index in [0.717, 1.165) is 15.2 Å². The monoisotopic (exact) mass is 369 g/mol. The van der Waals surface area contributed by atoms with Crippen LogP contribution in [0.25, 0.3) is 10.2 Å². The van der Waals surface area contributed by atoms with E-state index in [0.29, 0.717) is 18.0 Å². The molecule has 1 N–H and O–H groups in total. The van der Waals surface area contributed by atoms with Crippen LogP contribution in [0, 0.1) is 0 Å². The van der Waals surface area contributed by atoms with Gasteiger partial charge in [0.15, 0.2) is 0 Å². The van der Waals surface area contributed by atoms with E-state index in [1.807, 2.05) is 61.3 Å². The minimum Gasteiger partial charge on any atom is -0.492 e. The van der Waals surface area contributed by atoms with Crippen LogP contribution < -0.4 is 10.1 Å². The second-order valence-electron chi connectivity index (χ2n) is 6.09. The highest BCUT2D eigenvalue weighted by Crippen LogP contribution is 2.29. The number of hydrogen-bond donors (Lipinski definition) is 1. The Bertz CT molecular complexity index is 860. The second-order valence-corrected chi connectivity index (χ2v) is 7.15. The molecule has 0 radical (unpaired) electrons. The molecule has 26 heavy (non-hydrogen) atoms. The predicted molar refractivity (Wildman–Crippen MR) is 107 cm³/mol. The number of anilines is 1. The summed E-state index contributed by atoms with van der Waals surface area (Å²) in [4.78, 5) is 19.1. The predicted octanol–water partition coefficient (Wildman–Crippen LogP) is 4.33. The zero-order chi connectivity index (χ0) is 18.5. The number of ether oxygens (including phenoxy) is 1.